The second kappa shape index (κ2) is 4.48. The van der Waals surface area contributed by atoms with Gasteiger partial charge in [0.15, 0.2) is 5.69 Å². The molecule has 0 saturated heterocycles. The van der Waals surface area contributed by atoms with Crippen molar-refractivity contribution >= 4 is 21.9 Å². The van der Waals surface area contributed by atoms with Gasteiger partial charge in [0.2, 0.25) is 5.89 Å². The Hall–Kier alpha value is -1.63. The lowest BCUT2D eigenvalue weighted by Crippen LogP contribution is -2.04. The normalized spacial score (nSPS) is 10.4. The van der Waals surface area contributed by atoms with Crippen LogP contribution < -0.4 is 0 Å². The van der Waals surface area contributed by atoms with Crippen molar-refractivity contribution in [1.82, 2.24) is 15.2 Å². The Morgan fingerprint density at radius 2 is 2.50 bits per heavy atom. The Labute approximate surface area is 99.1 Å². The summed E-state index contributed by atoms with van der Waals surface area (Å²) in [5.41, 5.74) is 0.717. The van der Waals surface area contributed by atoms with Gasteiger partial charge in [-0.15, -0.1) is 0 Å². The monoisotopic (exact) mass is 285 g/mol. The molecule has 2 aromatic rings. The van der Waals surface area contributed by atoms with Crippen LogP contribution in [0.5, 0.6) is 0 Å². The van der Waals surface area contributed by atoms with Crippen molar-refractivity contribution in [1.29, 1.82) is 0 Å². The summed E-state index contributed by atoms with van der Waals surface area (Å²) in [6, 6.07) is 0. The van der Waals surface area contributed by atoms with Crippen LogP contribution in [-0.4, -0.2) is 27.8 Å². The third-order valence-corrected chi connectivity index (χ3v) is 2.40. The minimum atomic E-state index is -0.506. The molecule has 0 aliphatic carbocycles. The fraction of sp³-hybridized carbons (Fsp3) is 0.222. The Balaban J connectivity index is 2.26. The average molecular weight is 286 g/mol. The SMILES string of the molecule is CCOC(=O)c1coc(-c2[nH]ncc2Br)n1. The van der Waals surface area contributed by atoms with Gasteiger partial charge in [-0.2, -0.15) is 5.10 Å². The van der Waals surface area contributed by atoms with Crippen LogP contribution >= 0.6 is 15.9 Å². The highest BCUT2D eigenvalue weighted by atomic mass is 79.9. The summed E-state index contributed by atoms with van der Waals surface area (Å²) in [6.07, 6.45) is 2.82. The predicted octanol–water partition coefficient (Wildman–Crippen LogP) is 2.00. The zero-order valence-corrected chi connectivity index (χ0v) is 9.94. The first-order valence-electron chi connectivity index (χ1n) is 4.54. The van der Waals surface area contributed by atoms with Crippen molar-refractivity contribution in [3.63, 3.8) is 0 Å². The van der Waals surface area contributed by atoms with Crippen molar-refractivity contribution in [2.45, 2.75) is 6.92 Å². The molecule has 0 aromatic carbocycles. The predicted molar refractivity (Wildman–Crippen MR) is 57.7 cm³/mol. The Morgan fingerprint density at radius 3 is 3.12 bits per heavy atom. The lowest BCUT2D eigenvalue weighted by atomic mass is 10.4. The average Bonchev–Trinajstić information content (AvgIpc) is 2.86. The van der Waals surface area contributed by atoms with Crippen LogP contribution in [-0.2, 0) is 4.74 Å². The summed E-state index contributed by atoms with van der Waals surface area (Å²) < 4.78 is 10.6. The van der Waals surface area contributed by atoms with E-state index in [2.05, 4.69) is 31.1 Å². The van der Waals surface area contributed by atoms with Gasteiger partial charge in [0.25, 0.3) is 0 Å². The molecule has 16 heavy (non-hydrogen) atoms. The number of carbonyl (C=O) groups is 1. The number of ether oxygens (including phenoxy) is 1. The second-order valence-electron chi connectivity index (χ2n) is 2.85. The summed E-state index contributed by atoms with van der Waals surface area (Å²) in [4.78, 5) is 15.3. The van der Waals surface area contributed by atoms with Crippen LogP contribution in [0.15, 0.2) is 21.3 Å². The zero-order valence-electron chi connectivity index (χ0n) is 8.36. The lowest BCUT2D eigenvalue weighted by Gasteiger charge is -1.94. The molecule has 0 unspecified atom stereocenters. The van der Waals surface area contributed by atoms with Crippen LogP contribution in [0.1, 0.15) is 17.4 Å². The van der Waals surface area contributed by atoms with Crippen LogP contribution in [0, 0.1) is 0 Å². The first-order valence-corrected chi connectivity index (χ1v) is 5.33. The highest BCUT2D eigenvalue weighted by Crippen LogP contribution is 2.24. The molecule has 0 radical (unpaired) electrons. The number of oxazole rings is 1. The molecular formula is C9H8BrN3O3. The third-order valence-electron chi connectivity index (χ3n) is 1.80. The minimum Gasteiger partial charge on any atom is -0.461 e. The topological polar surface area (TPSA) is 81.0 Å². The van der Waals surface area contributed by atoms with Gasteiger partial charge in [-0.25, -0.2) is 9.78 Å². The van der Waals surface area contributed by atoms with E-state index in [-0.39, 0.29) is 11.6 Å². The number of aromatic amines is 1. The Bertz CT molecular complexity index is 506. The van der Waals surface area contributed by atoms with Crippen LogP contribution in [0.25, 0.3) is 11.6 Å². The Morgan fingerprint density at radius 1 is 1.69 bits per heavy atom. The molecule has 2 rings (SSSR count). The number of esters is 1. The molecule has 0 fully saturated rings. The molecule has 84 valence electrons. The molecule has 0 saturated carbocycles. The number of halogens is 1. The summed E-state index contributed by atoms with van der Waals surface area (Å²) in [6.45, 7) is 2.03. The van der Waals surface area contributed by atoms with E-state index in [0.29, 0.717) is 16.8 Å². The maximum absolute atomic E-state index is 11.3. The molecule has 0 spiro atoms. The smallest absolute Gasteiger partial charge is 0.360 e. The molecule has 1 N–H and O–H groups in total. The van der Waals surface area contributed by atoms with Gasteiger partial charge in [0.1, 0.15) is 12.0 Å². The van der Waals surface area contributed by atoms with Gasteiger partial charge in [-0.3, -0.25) is 5.10 Å². The molecule has 0 atom stereocenters. The van der Waals surface area contributed by atoms with Crippen molar-refractivity contribution in [2.24, 2.45) is 0 Å². The van der Waals surface area contributed by atoms with E-state index in [0.717, 1.165) is 0 Å². The van der Waals surface area contributed by atoms with Crippen molar-refractivity contribution in [2.75, 3.05) is 6.61 Å². The molecule has 2 aromatic heterocycles. The van der Waals surface area contributed by atoms with E-state index >= 15 is 0 Å². The van der Waals surface area contributed by atoms with E-state index in [4.69, 9.17) is 9.15 Å². The lowest BCUT2D eigenvalue weighted by molar-refractivity contribution is 0.0519. The number of nitrogens with zero attached hydrogens (tertiary/aromatic N) is 2. The highest BCUT2D eigenvalue weighted by Gasteiger charge is 2.16. The van der Waals surface area contributed by atoms with E-state index < -0.39 is 5.97 Å². The van der Waals surface area contributed by atoms with Gasteiger partial charge in [0, 0.05) is 0 Å². The zero-order chi connectivity index (χ0) is 11.5. The number of H-pyrrole nitrogens is 1. The first-order chi connectivity index (χ1) is 7.72. The molecule has 6 nitrogen and oxygen atoms in total. The number of hydrogen-bond acceptors (Lipinski definition) is 5. The summed E-state index contributed by atoms with van der Waals surface area (Å²) >= 11 is 3.27. The Kier molecular flexibility index (Phi) is 3.04. The van der Waals surface area contributed by atoms with Gasteiger partial charge in [0.05, 0.1) is 17.3 Å². The van der Waals surface area contributed by atoms with Crippen LogP contribution in [0.3, 0.4) is 0 Å². The largest absolute Gasteiger partial charge is 0.461 e. The molecule has 0 bridgehead atoms. The van der Waals surface area contributed by atoms with E-state index in [1.165, 1.54) is 6.26 Å². The minimum absolute atomic E-state index is 0.137. The second-order valence-corrected chi connectivity index (χ2v) is 3.71. The molecule has 2 heterocycles. The number of rotatable bonds is 3. The van der Waals surface area contributed by atoms with Crippen LogP contribution in [0.2, 0.25) is 0 Å². The number of nitrogens with one attached hydrogen (secondary N) is 1. The van der Waals surface area contributed by atoms with Crippen molar-refractivity contribution in [3.8, 4) is 11.6 Å². The molecule has 7 heteroatoms. The van der Waals surface area contributed by atoms with Gasteiger partial charge >= 0.3 is 5.97 Å². The molecular weight excluding hydrogens is 278 g/mol. The maximum Gasteiger partial charge on any atom is 0.360 e. The summed E-state index contributed by atoms with van der Waals surface area (Å²) in [5, 5.41) is 6.50. The summed E-state index contributed by atoms with van der Waals surface area (Å²) in [7, 11) is 0. The van der Waals surface area contributed by atoms with Gasteiger partial charge in [-0.1, -0.05) is 0 Å². The third kappa shape index (κ3) is 1.99. The molecule has 0 aliphatic heterocycles. The van der Waals surface area contributed by atoms with Crippen molar-refractivity contribution < 1.29 is 13.9 Å². The summed E-state index contributed by atoms with van der Waals surface area (Å²) in [5.74, 6) is -0.222. The van der Waals surface area contributed by atoms with E-state index in [1.807, 2.05) is 0 Å². The van der Waals surface area contributed by atoms with Crippen molar-refractivity contribution in [3.05, 3.63) is 22.6 Å². The van der Waals surface area contributed by atoms with E-state index in [1.54, 1.807) is 13.1 Å². The number of hydrogen-bond donors (Lipinski definition) is 1. The van der Waals surface area contributed by atoms with Gasteiger partial charge in [-0.05, 0) is 22.9 Å². The highest BCUT2D eigenvalue weighted by molar-refractivity contribution is 9.10. The number of aromatic nitrogens is 3. The van der Waals surface area contributed by atoms with E-state index in [9.17, 15) is 4.79 Å². The fourth-order valence-electron chi connectivity index (χ4n) is 1.11. The standard InChI is InChI=1S/C9H8BrN3O3/c1-2-15-9(14)6-4-16-8(12-6)7-5(10)3-11-13-7/h3-4H,2H2,1H3,(H,11,13). The quantitative estimate of drug-likeness (QED) is 0.873. The first kappa shape index (κ1) is 10.9. The molecule has 0 amide bonds. The number of carbonyl (C=O) groups excluding carboxylic acids is 1. The molecule has 0 aliphatic rings. The fourth-order valence-corrected chi connectivity index (χ4v) is 1.47. The maximum atomic E-state index is 11.3. The van der Waals surface area contributed by atoms with Crippen LogP contribution in [0.4, 0.5) is 0 Å². The van der Waals surface area contributed by atoms with Gasteiger partial charge < -0.3 is 9.15 Å².